The monoisotopic (exact) mass is 270 g/mol. The molecular weight excluding hydrogens is 252 g/mol. The van der Waals surface area contributed by atoms with E-state index in [0.29, 0.717) is 17.6 Å². The number of hydrogen-bond donors (Lipinski definition) is 3. The summed E-state index contributed by atoms with van der Waals surface area (Å²) in [5, 5.41) is 12.8. The fraction of sp³-hybridized carbons (Fsp3) is 0.333. The lowest BCUT2D eigenvalue weighted by molar-refractivity contribution is 0.276. The molecule has 0 aliphatic heterocycles. The second-order valence-electron chi connectivity index (χ2n) is 5.10. The second-order valence-corrected chi connectivity index (χ2v) is 5.10. The standard InChI is InChI=1S/C15H18N4O/c16-13-8-14(19-15(18-13)11-6-7-11)17-12(9-20)10-4-2-1-3-5-10/h1-5,8,11-12,20H,6-7,9H2,(H3,16,17,18,19). The minimum Gasteiger partial charge on any atom is -0.394 e. The van der Waals surface area contributed by atoms with E-state index in [2.05, 4.69) is 15.3 Å². The molecule has 4 N–H and O–H groups in total. The zero-order valence-electron chi connectivity index (χ0n) is 11.2. The molecule has 0 bridgehead atoms. The van der Waals surface area contributed by atoms with E-state index in [0.717, 1.165) is 24.2 Å². The predicted octanol–water partition coefficient (Wildman–Crippen LogP) is 2.08. The van der Waals surface area contributed by atoms with E-state index in [1.807, 2.05) is 30.3 Å². The molecule has 5 nitrogen and oxygen atoms in total. The van der Waals surface area contributed by atoms with Gasteiger partial charge in [0.25, 0.3) is 0 Å². The van der Waals surface area contributed by atoms with Crippen LogP contribution in [0.4, 0.5) is 11.6 Å². The number of nitrogens with zero attached hydrogens (tertiary/aromatic N) is 2. The van der Waals surface area contributed by atoms with Gasteiger partial charge in [-0.05, 0) is 18.4 Å². The van der Waals surface area contributed by atoms with Crippen LogP contribution in [0.5, 0.6) is 0 Å². The van der Waals surface area contributed by atoms with Gasteiger partial charge in [0.15, 0.2) is 0 Å². The summed E-state index contributed by atoms with van der Waals surface area (Å²) in [6, 6.07) is 11.3. The van der Waals surface area contributed by atoms with Gasteiger partial charge in [-0.1, -0.05) is 30.3 Å². The van der Waals surface area contributed by atoms with E-state index < -0.39 is 0 Å². The Morgan fingerprint density at radius 1 is 1.25 bits per heavy atom. The van der Waals surface area contributed by atoms with Gasteiger partial charge >= 0.3 is 0 Å². The largest absolute Gasteiger partial charge is 0.394 e. The quantitative estimate of drug-likeness (QED) is 0.774. The number of anilines is 2. The van der Waals surface area contributed by atoms with Crippen molar-refractivity contribution in [1.29, 1.82) is 0 Å². The summed E-state index contributed by atoms with van der Waals surface area (Å²) in [6.07, 6.45) is 2.26. The highest BCUT2D eigenvalue weighted by Gasteiger charge is 2.27. The lowest BCUT2D eigenvalue weighted by Crippen LogP contribution is -2.16. The van der Waals surface area contributed by atoms with Crippen molar-refractivity contribution < 1.29 is 5.11 Å². The van der Waals surface area contributed by atoms with E-state index in [-0.39, 0.29) is 12.6 Å². The molecular formula is C15H18N4O. The number of nitrogens with two attached hydrogens (primary N) is 1. The van der Waals surface area contributed by atoms with E-state index in [9.17, 15) is 5.11 Å². The second kappa shape index (κ2) is 5.46. The summed E-state index contributed by atoms with van der Waals surface area (Å²) in [7, 11) is 0. The first kappa shape index (κ1) is 12.9. The Bertz CT molecular complexity index is 584. The molecule has 2 aromatic rings. The Balaban J connectivity index is 1.82. The van der Waals surface area contributed by atoms with Gasteiger partial charge in [-0.2, -0.15) is 0 Å². The van der Waals surface area contributed by atoms with E-state index in [1.165, 1.54) is 0 Å². The summed E-state index contributed by atoms with van der Waals surface area (Å²) in [5.74, 6) is 2.39. The van der Waals surface area contributed by atoms with Crippen molar-refractivity contribution in [1.82, 2.24) is 9.97 Å². The van der Waals surface area contributed by atoms with Crippen LogP contribution in [-0.4, -0.2) is 21.7 Å². The molecule has 1 fully saturated rings. The van der Waals surface area contributed by atoms with Crippen LogP contribution in [0, 0.1) is 0 Å². The molecule has 1 unspecified atom stereocenters. The van der Waals surface area contributed by atoms with Gasteiger partial charge < -0.3 is 16.2 Å². The van der Waals surface area contributed by atoms with E-state index in [1.54, 1.807) is 6.07 Å². The Labute approximate surface area is 117 Å². The maximum atomic E-state index is 9.56. The molecule has 20 heavy (non-hydrogen) atoms. The third-order valence-electron chi connectivity index (χ3n) is 3.41. The summed E-state index contributed by atoms with van der Waals surface area (Å²) < 4.78 is 0. The first-order valence-corrected chi connectivity index (χ1v) is 6.83. The molecule has 1 atom stereocenters. The third kappa shape index (κ3) is 2.88. The van der Waals surface area contributed by atoms with Crippen LogP contribution < -0.4 is 11.1 Å². The molecule has 1 aliphatic carbocycles. The SMILES string of the molecule is Nc1cc(NC(CO)c2ccccc2)nc(C2CC2)n1. The predicted molar refractivity (Wildman–Crippen MR) is 78.3 cm³/mol. The average molecular weight is 270 g/mol. The molecule has 0 radical (unpaired) electrons. The van der Waals surface area contributed by atoms with Crippen LogP contribution in [0.3, 0.4) is 0 Å². The number of rotatable bonds is 5. The molecule has 1 aromatic heterocycles. The van der Waals surface area contributed by atoms with Gasteiger partial charge in [-0.15, -0.1) is 0 Å². The van der Waals surface area contributed by atoms with Gasteiger partial charge in [0.1, 0.15) is 17.5 Å². The molecule has 0 amide bonds. The van der Waals surface area contributed by atoms with Crippen molar-refractivity contribution in [3.05, 3.63) is 47.8 Å². The van der Waals surface area contributed by atoms with Crippen molar-refractivity contribution in [3.8, 4) is 0 Å². The summed E-state index contributed by atoms with van der Waals surface area (Å²) >= 11 is 0. The zero-order chi connectivity index (χ0) is 13.9. The molecule has 5 heteroatoms. The molecule has 0 spiro atoms. The van der Waals surface area contributed by atoms with Crippen LogP contribution >= 0.6 is 0 Å². The van der Waals surface area contributed by atoms with E-state index in [4.69, 9.17) is 5.73 Å². The highest BCUT2D eigenvalue weighted by atomic mass is 16.3. The van der Waals surface area contributed by atoms with Crippen molar-refractivity contribution in [2.75, 3.05) is 17.7 Å². The van der Waals surface area contributed by atoms with Gasteiger partial charge in [-0.25, -0.2) is 9.97 Å². The van der Waals surface area contributed by atoms with Crippen LogP contribution in [-0.2, 0) is 0 Å². The Hall–Kier alpha value is -2.14. The molecule has 104 valence electrons. The topological polar surface area (TPSA) is 84.1 Å². The number of aromatic nitrogens is 2. The van der Waals surface area contributed by atoms with Crippen molar-refractivity contribution in [2.24, 2.45) is 0 Å². The third-order valence-corrected chi connectivity index (χ3v) is 3.41. The van der Waals surface area contributed by atoms with Crippen molar-refractivity contribution in [3.63, 3.8) is 0 Å². The fourth-order valence-electron chi connectivity index (χ4n) is 2.18. The molecule has 1 heterocycles. The van der Waals surface area contributed by atoms with Crippen LogP contribution in [0.1, 0.15) is 36.2 Å². The normalized spacial score (nSPS) is 15.8. The van der Waals surface area contributed by atoms with Gasteiger partial charge in [0, 0.05) is 12.0 Å². The molecule has 1 aliphatic rings. The minimum absolute atomic E-state index is 0.00726. The van der Waals surface area contributed by atoms with Crippen LogP contribution in [0.15, 0.2) is 36.4 Å². The fourth-order valence-corrected chi connectivity index (χ4v) is 2.18. The number of nitrogen functional groups attached to an aromatic ring is 1. The number of nitrogens with one attached hydrogen (secondary N) is 1. The highest BCUT2D eigenvalue weighted by Crippen LogP contribution is 2.38. The molecule has 1 saturated carbocycles. The molecule has 3 rings (SSSR count). The number of benzene rings is 1. The maximum Gasteiger partial charge on any atom is 0.136 e. The highest BCUT2D eigenvalue weighted by molar-refractivity contribution is 5.47. The summed E-state index contributed by atoms with van der Waals surface area (Å²) in [6.45, 7) is -0.00726. The average Bonchev–Trinajstić information content (AvgIpc) is 3.30. The first-order chi connectivity index (χ1) is 9.76. The van der Waals surface area contributed by atoms with Crippen molar-refractivity contribution >= 4 is 11.6 Å². The summed E-state index contributed by atoms with van der Waals surface area (Å²) in [4.78, 5) is 8.76. The lowest BCUT2D eigenvalue weighted by atomic mass is 10.1. The van der Waals surface area contributed by atoms with Gasteiger partial charge in [-0.3, -0.25) is 0 Å². The maximum absolute atomic E-state index is 9.56. The minimum atomic E-state index is -0.197. The Morgan fingerprint density at radius 3 is 2.65 bits per heavy atom. The van der Waals surface area contributed by atoms with Crippen molar-refractivity contribution in [2.45, 2.75) is 24.8 Å². The number of hydrogen-bond acceptors (Lipinski definition) is 5. The zero-order valence-corrected chi connectivity index (χ0v) is 11.2. The van der Waals surface area contributed by atoms with Crippen LogP contribution in [0.2, 0.25) is 0 Å². The smallest absolute Gasteiger partial charge is 0.136 e. The van der Waals surface area contributed by atoms with Crippen LogP contribution in [0.25, 0.3) is 0 Å². The molecule has 0 saturated heterocycles. The van der Waals surface area contributed by atoms with E-state index >= 15 is 0 Å². The number of aliphatic hydroxyl groups excluding tert-OH is 1. The van der Waals surface area contributed by atoms with Gasteiger partial charge in [0.05, 0.1) is 12.6 Å². The Morgan fingerprint density at radius 2 is 2.00 bits per heavy atom. The molecule has 1 aromatic carbocycles. The van der Waals surface area contributed by atoms with Gasteiger partial charge in [0.2, 0.25) is 0 Å². The first-order valence-electron chi connectivity index (χ1n) is 6.83. The lowest BCUT2D eigenvalue weighted by Gasteiger charge is -2.18. The summed E-state index contributed by atoms with van der Waals surface area (Å²) in [5.41, 5.74) is 6.84. The number of aliphatic hydroxyl groups is 1. The Kier molecular flexibility index (Phi) is 3.52.